The van der Waals surface area contributed by atoms with Gasteiger partial charge in [-0.3, -0.25) is 4.79 Å². The Morgan fingerprint density at radius 2 is 1.96 bits per heavy atom. The van der Waals surface area contributed by atoms with E-state index in [1.165, 1.54) is 0 Å². The number of nitrogens with one attached hydrogen (secondary N) is 2. The molecule has 7 heteroatoms. The molecular formula is C20H30N4O2S. The number of nitrogens with zero attached hydrogens (tertiary/aromatic N) is 2. The van der Waals surface area contributed by atoms with Gasteiger partial charge in [0.25, 0.3) is 5.56 Å². The maximum absolute atomic E-state index is 12.5. The number of hydrogen-bond donors (Lipinski definition) is 3. The van der Waals surface area contributed by atoms with Crippen LogP contribution in [0.1, 0.15) is 23.1 Å². The van der Waals surface area contributed by atoms with Crippen molar-refractivity contribution >= 4 is 28.2 Å². The molecule has 0 aliphatic carbocycles. The van der Waals surface area contributed by atoms with Crippen molar-refractivity contribution in [1.82, 2.24) is 20.1 Å². The highest BCUT2D eigenvalue weighted by atomic mass is 32.1. The zero-order valence-electron chi connectivity index (χ0n) is 16.6. The zero-order chi connectivity index (χ0) is 20.0. The molecule has 0 unspecified atom stereocenters. The van der Waals surface area contributed by atoms with Crippen molar-refractivity contribution in [2.45, 2.75) is 26.8 Å². The van der Waals surface area contributed by atoms with Crippen molar-refractivity contribution in [1.29, 1.82) is 0 Å². The third kappa shape index (κ3) is 6.02. The summed E-state index contributed by atoms with van der Waals surface area (Å²) in [4.78, 5) is 19.5. The number of rotatable bonds is 8. The molecule has 1 heterocycles. The van der Waals surface area contributed by atoms with Crippen molar-refractivity contribution in [3.05, 3.63) is 45.2 Å². The molecular weight excluding hydrogens is 360 g/mol. The Hall–Kier alpha value is -1.96. The Morgan fingerprint density at radius 3 is 2.63 bits per heavy atom. The zero-order valence-corrected chi connectivity index (χ0v) is 17.4. The average molecular weight is 391 g/mol. The van der Waals surface area contributed by atoms with Gasteiger partial charge in [0.1, 0.15) is 0 Å². The first-order chi connectivity index (χ1) is 12.8. The van der Waals surface area contributed by atoms with Crippen LogP contribution in [0.15, 0.2) is 23.0 Å². The minimum absolute atomic E-state index is 0.0246. The SMILES string of the molecule is Cc1cc(C)c2cc(CN(CCO)C(=S)NCCCN(C)C)c(=O)[nH]c2c1. The van der Waals surface area contributed by atoms with Crippen LogP contribution in [0.3, 0.4) is 0 Å². The van der Waals surface area contributed by atoms with Crippen LogP contribution in [0.25, 0.3) is 10.9 Å². The molecule has 0 spiro atoms. The number of aliphatic hydroxyl groups is 1. The molecule has 1 aromatic heterocycles. The van der Waals surface area contributed by atoms with Crippen LogP contribution in [-0.4, -0.2) is 65.3 Å². The molecule has 0 aliphatic rings. The van der Waals surface area contributed by atoms with Gasteiger partial charge in [0.15, 0.2) is 5.11 Å². The fraction of sp³-hybridized carbons (Fsp3) is 0.500. The van der Waals surface area contributed by atoms with Crippen LogP contribution < -0.4 is 10.9 Å². The van der Waals surface area contributed by atoms with Crippen LogP contribution in [0.4, 0.5) is 0 Å². The fourth-order valence-electron chi connectivity index (χ4n) is 3.11. The summed E-state index contributed by atoms with van der Waals surface area (Å²) in [6.07, 6.45) is 0.967. The molecule has 0 bridgehead atoms. The lowest BCUT2D eigenvalue weighted by Gasteiger charge is -2.25. The topological polar surface area (TPSA) is 71.6 Å². The maximum Gasteiger partial charge on any atom is 0.253 e. The number of fused-ring (bicyclic) bond motifs is 1. The van der Waals surface area contributed by atoms with E-state index in [0.29, 0.717) is 23.8 Å². The first kappa shape index (κ1) is 21.3. The molecule has 6 nitrogen and oxygen atoms in total. The van der Waals surface area contributed by atoms with Crippen LogP contribution in [0.2, 0.25) is 0 Å². The molecule has 2 aromatic rings. The molecule has 0 saturated carbocycles. The third-order valence-electron chi connectivity index (χ3n) is 4.47. The van der Waals surface area contributed by atoms with Crippen LogP contribution in [0, 0.1) is 13.8 Å². The summed E-state index contributed by atoms with van der Waals surface area (Å²) >= 11 is 5.48. The Balaban J connectivity index is 2.16. The average Bonchev–Trinajstić information content (AvgIpc) is 2.58. The third-order valence-corrected chi connectivity index (χ3v) is 4.87. The summed E-state index contributed by atoms with van der Waals surface area (Å²) < 4.78 is 0. The molecule has 0 atom stereocenters. The number of thiocarbonyl (C=S) groups is 1. The highest BCUT2D eigenvalue weighted by molar-refractivity contribution is 7.80. The van der Waals surface area contributed by atoms with E-state index in [1.54, 1.807) is 0 Å². The van der Waals surface area contributed by atoms with Crippen molar-refractivity contribution in [2.75, 3.05) is 40.3 Å². The molecule has 0 radical (unpaired) electrons. The standard InChI is InChI=1S/C20H30N4O2S/c1-14-10-15(2)17-12-16(19(26)22-18(17)11-14)13-24(8-9-25)20(27)21-6-5-7-23(3)4/h10-12,25H,5-9,13H2,1-4H3,(H,21,27)(H,22,26). The van der Waals surface area contributed by atoms with E-state index in [2.05, 4.69) is 21.3 Å². The van der Waals surface area contributed by atoms with Gasteiger partial charge in [0, 0.05) is 29.6 Å². The Labute approximate surface area is 166 Å². The van der Waals surface area contributed by atoms with E-state index in [4.69, 9.17) is 12.2 Å². The molecule has 2 rings (SSSR count). The first-order valence-electron chi connectivity index (χ1n) is 9.23. The minimum Gasteiger partial charge on any atom is -0.395 e. The Kier molecular flexibility index (Phi) is 7.77. The second-order valence-electron chi connectivity index (χ2n) is 7.20. The molecule has 3 N–H and O–H groups in total. The maximum atomic E-state index is 12.5. The number of benzene rings is 1. The number of aromatic nitrogens is 1. The highest BCUT2D eigenvalue weighted by Gasteiger charge is 2.13. The van der Waals surface area contributed by atoms with Crippen LogP contribution in [-0.2, 0) is 6.54 Å². The molecule has 148 valence electrons. The van der Waals surface area contributed by atoms with Gasteiger partial charge in [-0.2, -0.15) is 0 Å². The second-order valence-corrected chi connectivity index (χ2v) is 7.59. The Morgan fingerprint density at radius 1 is 1.22 bits per heavy atom. The summed E-state index contributed by atoms with van der Waals surface area (Å²) in [6.45, 7) is 6.50. The predicted octanol–water partition coefficient (Wildman–Crippen LogP) is 1.77. The lowest BCUT2D eigenvalue weighted by atomic mass is 10.0. The normalized spacial score (nSPS) is 11.2. The lowest BCUT2D eigenvalue weighted by molar-refractivity contribution is 0.245. The van der Waals surface area contributed by atoms with Gasteiger partial charge in [0.2, 0.25) is 0 Å². The molecule has 0 saturated heterocycles. The largest absolute Gasteiger partial charge is 0.395 e. The van der Waals surface area contributed by atoms with Gasteiger partial charge in [0.05, 0.1) is 13.2 Å². The predicted molar refractivity (Wildman–Crippen MR) is 115 cm³/mol. The summed E-state index contributed by atoms with van der Waals surface area (Å²) in [5, 5.41) is 14.2. The molecule has 1 aromatic carbocycles. The van der Waals surface area contributed by atoms with Gasteiger partial charge >= 0.3 is 0 Å². The molecule has 0 aliphatic heterocycles. The molecule has 0 fully saturated rings. The fourth-order valence-corrected chi connectivity index (χ4v) is 3.37. The number of aromatic amines is 1. The monoisotopic (exact) mass is 390 g/mol. The number of hydrogen-bond acceptors (Lipinski definition) is 4. The summed E-state index contributed by atoms with van der Waals surface area (Å²) in [5.74, 6) is 0. The number of aliphatic hydroxyl groups excluding tert-OH is 1. The van der Waals surface area contributed by atoms with Gasteiger partial charge in [-0.15, -0.1) is 0 Å². The van der Waals surface area contributed by atoms with E-state index in [9.17, 15) is 9.90 Å². The van der Waals surface area contributed by atoms with E-state index < -0.39 is 0 Å². The van der Waals surface area contributed by atoms with Gasteiger partial charge in [-0.1, -0.05) is 6.07 Å². The minimum atomic E-state index is -0.120. The van der Waals surface area contributed by atoms with Crippen molar-refractivity contribution in [3.8, 4) is 0 Å². The van der Waals surface area contributed by atoms with E-state index in [0.717, 1.165) is 41.5 Å². The number of aryl methyl sites for hydroxylation is 2. The van der Waals surface area contributed by atoms with Crippen LogP contribution >= 0.6 is 12.2 Å². The van der Waals surface area contributed by atoms with Crippen LogP contribution in [0.5, 0.6) is 0 Å². The van der Waals surface area contributed by atoms with Crippen molar-refractivity contribution in [3.63, 3.8) is 0 Å². The first-order valence-corrected chi connectivity index (χ1v) is 9.64. The van der Waals surface area contributed by atoms with Gasteiger partial charge in [-0.25, -0.2) is 0 Å². The Bertz CT molecular complexity index is 848. The number of pyridine rings is 1. The summed E-state index contributed by atoms with van der Waals surface area (Å²) in [6, 6.07) is 6.02. The lowest BCUT2D eigenvalue weighted by Crippen LogP contribution is -2.42. The van der Waals surface area contributed by atoms with E-state index in [-0.39, 0.29) is 12.2 Å². The molecule has 0 amide bonds. The summed E-state index contributed by atoms with van der Waals surface area (Å²) in [5.41, 5.74) is 3.61. The van der Waals surface area contributed by atoms with Gasteiger partial charge in [-0.05, 0) is 76.4 Å². The number of H-pyrrole nitrogens is 1. The van der Waals surface area contributed by atoms with E-state index >= 15 is 0 Å². The quantitative estimate of drug-likeness (QED) is 0.471. The van der Waals surface area contributed by atoms with Crippen molar-refractivity contribution in [2.24, 2.45) is 0 Å². The van der Waals surface area contributed by atoms with E-state index in [1.807, 2.05) is 45.0 Å². The van der Waals surface area contributed by atoms with Gasteiger partial charge < -0.3 is 25.2 Å². The highest BCUT2D eigenvalue weighted by Crippen LogP contribution is 2.19. The summed E-state index contributed by atoms with van der Waals surface area (Å²) in [7, 11) is 4.07. The van der Waals surface area contributed by atoms with Crippen molar-refractivity contribution < 1.29 is 5.11 Å². The smallest absolute Gasteiger partial charge is 0.253 e. The molecule has 27 heavy (non-hydrogen) atoms. The second kappa shape index (κ2) is 9.82.